The Hall–Kier alpha value is -2.59. The third kappa shape index (κ3) is 5.01. The van der Waals surface area contributed by atoms with E-state index in [0.717, 1.165) is 41.6 Å². The number of ether oxygens (including phenoxy) is 1. The lowest BCUT2D eigenvalue weighted by molar-refractivity contribution is 0.269. The third-order valence-corrected chi connectivity index (χ3v) is 7.01. The highest BCUT2D eigenvalue weighted by Gasteiger charge is 2.24. The number of benzene rings is 2. The number of nitrogens with zero attached hydrogens (tertiary/aromatic N) is 3. The number of fused-ring (bicyclic) bond motifs is 3. The summed E-state index contributed by atoms with van der Waals surface area (Å²) < 4.78 is 7.77. The second kappa shape index (κ2) is 10.6. The van der Waals surface area contributed by atoms with Gasteiger partial charge in [0.1, 0.15) is 5.75 Å². The van der Waals surface area contributed by atoms with Crippen LogP contribution in [0, 0.1) is 13.8 Å². The van der Waals surface area contributed by atoms with Gasteiger partial charge < -0.3 is 9.64 Å². The summed E-state index contributed by atoms with van der Waals surface area (Å²) >= 11 is 0. The Balaban J connectivity index is 0.000000243. The van der Waals surface area contributed by atoms with E-state index in [1.54, 1.807) is 0 Å². The summed E-state index contributed by atoms with van der Waals surface area (Å²) in [5, 5.41) is 4.85. The van der Waals surface area contributed by atoms with E-state index in [0.29, 0.717) is 6.61 Å². The molecule has 0 radical (unpaired) electrons. The highest BCUT2D eigenvalue weighted by Crippen LogP contribution is 2.37. The summed E-state index contributed by atoms with van der Waals surface area (Å²) in [7, 11) is 0. The zero-order valence-electron chi connectivity index (χ0n) is 21.0. The summed E-state index contributed by atoms with van der Waals surface area (Å²) in [5.74, 6) is 0.944. The van der Waals surface area contributed by atoms with E-state index in [9.17, 15) is 0 Å². The number of hydrogen-bond donors (Lipinski definition) is 0. The fourth-order valence-corrected chi connectivity index (χ4v) is 5.25. The highest BCUT2D eigenvalue weighted by molar-refractivity contribution is 5.72. The van der Waals surface area contributed by atoms with Crippen molar-refractivity contribution in [2.75, 3.05) is 19.7 Å². The first-order valence-electron chi connectivity index (χ1n) is 12.7. The number of aryl methyl sites for hydroxylation is 3. The molecule has 1 unspecified atom stereocenters. The van der Waals surface area contributed by atoms with Gasteiger partial charge in [0.2, 0.25) is 0 Å². The number of likely N-dealkylation sites (tertiary alicyclic amines) is 1. The molecule has 1 aromatic heterocycles. The van der Waals surface area contributed by atoms with Crippen LogP contribution in [-0.2, 0) is 12.8 Å². The van der Waals surface area contributed by atoms with Gasteiger partial charge in [-0.2, -0.15) is 5.10 Å². The van der Waals surface area contributed by atoms with Crippen molar-refractivity contribution in [2.45, 2.75) is 72.8 Å². The first kappa shape index (κ1) is 23.6. The van der Waals surface area contributed by atoms with E-state index in [-0.39, 0.29) is 0 Å². The molecular weight excluding hydrogens is 406 g/mol. The fraction of sp³-hybridized carbons (Fsp3) is 0.483. The van der Waals surface area contributed by atoms with Crippen LogP contribution in [0.5, 0.6) is 5.75 Å². The van der Waals surface area contributed by atoms with Crippen LogP contribution in [-0.4, -0.2) is 40.4 Å². The summed E-state index contributed by atoms with van der Waals surface area (Å²) in [6, 6.07) is 15.9. The van der Waals surface area contributed by atoms with Crippen molar-refractivity contribution >= 4 is 0 Å². The molecule has 1 saturated heterocycles. The quantitative estimate of drug-likeness (QED) is 0.447. The largest absolute Gasteiger partial charge is 0.494 e. The maximum atomic E-state index is 5.67. The topological polar surface area (TPSA) is 30.3 Å². The van der Waals surface area contributed by atoms with Crippen LogP contribution < -0.4 is 4.74 Å². The smallest absolute Gasteiger partial charge is 0.122 e. The van der Waals surface area contributed by atoms with Gasteiger partial charge in [-0.05, 0) is 102 Å². The summed E-state index contributed by atoms with van der Waals surface area (Å²) in [6.07, 6.45) is 6.30. The predicted molar refractivity (Wildman–Crippen MR) is 138 cm³/mol. The summed E-state index contributed by atoms with van der Waals surface area (Å²) in [6.45, 7) is 14.1. The van der Waals surface area contributed by atoms with Gasteiger partial charge in [-0.3, -0.25) is 0 Å². The minimum atomic E-state index is 0.684. The first-order valence-corrected chi connectivity index (χ1v) is 12.7. The zero-order chi connectivity index (χ0) is 23.4. The maximum Gasteiger partial charge on any atom is 0.122 e. The average Bonchev–Trinajstić information content (AvgIpc) is 3.39. The van der Waals surface area contributed by atoms with Crippen LogP contribution in [0.3, 0.4) is 0 Å². The maximum absolute atomic E-state index is 5.67. The molecule has 3 aromatic rings. The van der Waals surface area contributed by atoms with E-state index < -0.39 is 0 Å². The van der Waals surface area contributed by atoms with Gasteiger partial charge in [0.05, 0.1) is 23.7 Å². The minimum absolute atomic E-state index is 0.684. The SMILES string of the molecule is CCCN1CCCC1C.CCOc1ccc(-n2nc(C)c3c2-c2ccccc2CC3)cc1C. The van der Waals surface area contributed by atoms with Crippen LogP contribution >= 0.6 is 0 Å². The third-order valence-electron chi connectivity index (χ3n) is 7.01. The molecule has 0 bridgehead atoms. The highest BCUT2D eigenvalue weighted by atomic mass is 16.5. The molecule has 33 heavy (non-hydrogen) atoms. The number of aromatic nitrogens is 2. The second-order valence-corrected chi connectivity index (χ2v) is 9.39. The molecule has 1 atom stereocenters. The molecule has 4 heteroatoms. The van der Waals surface area contributed by atoms with Gasteiger partial charge in [0.25, 0.3) is 0 Å². The molecular formula is C29H39N3O. The standard InChI is InChI=1S/C21H22N2O.C8H17N/c1-4-24-20-12-10-17(13-14(20)2)23-21-18(15(3)22-23)11-9-16-7-5-6-8-19(16)21;1-3-6-9-7-4-5-8(9)2/h5-8,10,12-13H,4,9,11H2,1-3H3;8H,3-7H2,1-2H3. The molecule has 1 aliphatic carbocycles. The van der Waals surface area contributed by atoms with E-state index in [1.165, 1.54) is 54.7 Å². The van der Waals surface area contributed by atoms with Crippen molar-refractivity contribution in [1.29, 1.82) is 0 Å². The van der Waals surface area contributed by atoms with Crippen molar-refractivity contribution in [2.24, 2.45) is 0 Å². The van der Waals surface area contributed by atoms with Crippen molar-refractivity contribution in [3.05, 3.63) is 64.8 Å². The normalized spacial score (nSPS) is 17.2. The average molecular weight is 446 g/mol. The van der Waals surface area contributed by atoms with Crippen LogP contribution in [0.1, 0.15) is 62.4 Å². The molecule has 176 valence electrons. The lowest BCUT2D eigenvalue weighted by atomic mass is 9.89. The Kier molecular flexibility index (Phi) is 7.54. The molecule has 1 aliphatic heterocycles. The molecule has 5 rings (SSSR count). The number of hydrogen-bond acceptors (Lipinski definition) is 3. The van der Waals surface area contributed by atoms with Crippen LogP contribution in [0.25, 0.3) is 16.9 Å². The molecule has 0 N–H and O–H groups in total. The molecule has 4 nitrogen and oxygen atoms in total. The Labute approximate surface area is 199 Å². The molecule has 0 spiro atoms. The van der Waals surface area contributed by atoms with E-state index in [2.05, 4.69) is 73.7 Å². The van der Waals surface area contributed by atoms with Gasteiger partial charge in [-0.25, -0.2) is 4.68 Å². The number of rotatable bonds is 5. The molecule has 2 heterocycles. The Bertz CT molecular complexity index is 1080. The van der Waals surface area contributed by atoms with Crippen molar-refractivity contribution in [1.82, 2.24) is 14.7 Å². The van der Waals surface area contributed by atoms with Crippen molar-refractivity contribution in [3.8, 4) is 22.7 Å². The van der Waals surface area contributed by atoms with Gasteiger partial charge in [0, 0.05) is 17.2 Å². The van der Waals surface area contributed by atoms with Gasteiger partial charge in [0.15, 0.2) is 0 Å². The van der Waals surface area contributed by atoms with Crippen LogP contribution in [0.4, 0.5) is 0 Å². The predicted octanol–water partition coefficient (Wildman–Crippen LogP) is 6.53. The Morgan fingerprint density at radius 1 is 1.06 bits per heavy atom. The van der Waals surface area contributed by atoms with Gasteiger partial charge in [-0.1, -0.05) is 31.2 Å². The second-order valence-electron chi connectivity index (χ2n) is 9.39. The van der Waals surface area contributed by atoms with E-state index in [1.807, 2.05) is 13.0 Å². The first-order chi connectivity index (χ1) is 16.0. The van der Waals surface area contributed by atoms with Crippen molar-refractivity contribution in [3.63, 3.8) is 0 Å². The lowest BCUT2D eigenvalue weighted by Crippen LogP contribution is -2.27. The monoisotopic (exact) mass is 445 g/mol. The van der Waals surface area contributed by atoms with Crippen molar-refractivity contribution < 1.29 is 4.74 Å². The summed E-state index contributed by atoms with van der Waals surface area (Å²) in [5.41, 5.74) is 8.71. The van der Waals surface area contributed by atoms with Gasteiger partial charge >= 0.3 is 0 Å². The minimum Gasteiger partial charge on any atom is -0.494 e. The fourth-order valence-electron chi connectivity index (χ4n) is 5.25. The molecule has 2 aromatic carbocycles. The molecule has 1 fully saturated rings. The molecule has 2 aliphatic rings. The van der Waals surface area contributed by atoms with E-state index >= 15 is 0 Å². The summed E-state index contributed by atoms with van der Waals surface area (Å²) in [4.78, 5) is 2.58. The molecule has 0 saturated carbocycles. The molecule has 0 amide bonds. The van der Waals surface area contributed by atoms with Crippen LogP contribution in [0.2, 0.25) is 0 Å². The van der Waals surface area contributed by atoms with Gasteiger partial charge in [-0.15, -0.1) is 0 Å². The Morgan fingerprint density at radius 2 is 1.88 bits per heavy atom. The lowest BCUT2D eigenvalue weighted by Gasteiger charge is -2.19. The Morgan fingerprint density at radius 3 is 2.58 bits per heavy atom. The van der Waals surface area contributed by atoms with Crippen LogP contribution in [0.15, 0.2) is 42.5 Å². The van der Waals surface area contributed by atoms with E-state index in [4.69, 9.17) is 9.84 Å². The zero-order valence-corrected chi connectivity index (χ0v) is 21.0.